The summed E-state index contributed by atoms with van der Waals surface area (Å²) >= 11 is 0. The van der Waals surface area contributed by atoms with Crippen molar-refractivity contribution in [2.75, 3.05) is 7.11 Å². The Hall–Kier alpha value is -1.77. The van der Waals surface area contributed by atoms with Gasteiger partial charge in [-0.3, -0.25) is 0 Å². The predicted molar refractivity (Wildman–Crippen MR) is 54.5 cm³/mol. The van der Waals surface area contributed by atoms with Crippen molar-refractivity contribution in [2.45, 2.75) is 5.51 Å². The molecule has 0 aliphatic rings. The van der Waals surface area contributed by atoms with Crippen LogP contribution in [0.15, 0.2) is 28.7 Å². The summed E-state index contributed by atoms with van der Waals surface area (Å²) in [5, 5.41) is 11.2. The highest BCUT2D eigenvalue weighted by Gasteiger charge is 2.45. The molecule has 0 aliphatic heterocycles. The minimum absolute atomic E-state index is 0.288. The van der Waals surface area contributed by atoms with E-state index >= 15 is 0 Å². The molecule has 1 aromatic rings. The lowest BCUT2D eigenvalue weighted by atomic mass is 10.2. The summed E-state index contributed by atoms with van der Waals surface area (Å²) in [6.07, 6.45) is 0. The molecule has 0 heterocycles. The van der Waals surface area contributed by atoms with Crippen molar-refractivity contribution in [1.82, 2.24) is 0 Å². The van der Waals surface area contributed by atoms with Gasteiger partial charge in [0.05, 0.1) is 7.11 Å². The molecule has 0 aromatic heterocycles. The van der Waals surface area contributed by atoms with E-state index in [0.29, 0.717) is 5.75 Å². The number of benzene rings is 1. The van der Waals surface area contributed by atoms with Crippen LogP contribution >= 0.6 is 0 Å². The van der Waals surface area contributed by atoms with Gasteiger partial charge in [0.1, 0.15) is 5.75 Å². The summed E-state index contributed by atoms with van der Waals surface area (Å²) < 4.78 is 64.1. The smallest absolute Gasteiger partial charge is 0.518 e. The molecule has 18 heavy (non-hydrogen) atoms. The highest BCUT2D eigenvalue weighted by Crippen LogP contribution is 2.25. The van der Waals surface area contributed by atoms with E-state index in [0.717, 1.165) is 12.1 Å². The van der Waals surface area contributed by atoms with E-state index in [-0.39, 0.29) is 5.56 Å². The van der Waals surface area contributed by atoms with Gasteiger partial charge < -0.3 is 9.84 Å². The van der Waals surface area contributed by atoms with Crippen LogP contribution in [0.4, 0.5) is 13.2 Å². The largest absolute Gasteiger partial charge is 0.858 e. The van der Waals surface area contributed by atoms with Crippen molar-refractivity contribution in [1.29, 1.82) is 0 Å². The van der Waals surface area contributed by atoms with Crippen LogP contribution in [0.2, 0.25) is 0 Å². The minimum atomic E-state index is -5.82. The monoisotopic (exact) mass is 282 g/mol. The zero-order valence-corrected chi connectivity index (χ0v) is 9.75. The van der Waals surface area contributed by atoms with Gasteiger partial charge in [0.25, 0.3) is 0 Å². The van der Waals surface area contributed by atoms with Crippen LogP contribution in [0.1, 0.15) is 5.56 Å². The Morgan fingerprint density at radius 1 is 1.28 bits per heavy atom. The quantitative estimate of drug-likeness (QED) is 0.602. The number of sulfonamides is 1. The van der Waals surface area contributed by atoms with Crippen molar-refractivity contribution < 1.29 is 31.4 Å². The Kier molecular flexibility index (Phi) is 3.85. The average molecular weight is 282 g/mol. The van der Waals surface area contributed by atoms with E-state index in [9.17, 15) is 26.7 Å². The Morgan fingerprint density at radius 2 is 1.78 bits per heavy atom. The first kappa shape index (κ1) is 14.3. The normalized spacial score (nSPS) is 13.4. The fraction of sp³-hybridized carbons (Fsp3) is 0.222. The molecule has 0 saturated heterocycles. The molecule has 9 heteroatoms. The van der Waals surface area contributed by atoms with Crippen molar-refractivity contribution in [3.8, 4) is 5.75 Å². The minimum Gasteiger partial charge on any atom is -0.858 e. The fourth-order valence-electron chi connectivity index (χ4n) is 0.947. The van der Waals surface area contributed by atoms with Crippen LogP contribution in [0, 0.1) is 0 Å². The van der Waals surface area contributed by atoms with Gasteiger partial charge in [0.2, 0.25) is 0 Å². The predicted octanol–water partition coefficient (Wildman–Crippen LogP) is 0.652. The molecule has 0 spiro atoms. The van der Waals surface area contributed by atoms with Crippen molar-refractivity contribution in [3.63, 3.8) is 0 Å². The lowest BCUT2D eigenvalue weighted by molar-refractivity contribution is -0.212. The molecule has 0 unspecified atom stereocenters. The second kappa shape index (κ2) is 4.84. The summed E-state index contributed by atoms with van der Waals surface area (Å²) in [4.78, 5) is 0. The molecule has 0 bridgehead atoms. The molecular weight excluding hydrogens is 275 g/mol. The summed E-state index contributed by atoms with van der Waals surface area (Å²) in [6, 6.07) is 4.80. The summed E-state index contributed by atoms with van der Waals surface area (Å²) in [5.74, 6) is -1.12. The summed E-state index contributed by atoms with van der Waals surface area (Å²) in [5.41, 5.74) is -5.88. The van der Waals surface area contributed by atoms with Gasteiger partial charge in [0.15, 0.2) is 0 Å². The number of rotatable bonds is 3. The zero-order valence-electron chi connectivity index (χ0n) is 8.93. The van der Waals surface area contributed by atoms with Crippen molar-refractivity contribution in [2.24, 2.45) is 4.40 Å². The average Bonchev–Trinajstić information content (AvgIpc) is 2.27. The third-order valence-corrected chi connectivity index (χ3v) is 2.82. The maximum absolute atomic E-state index is 12.0. The van der Waals surface area contributed by atoms with E-state index in [4.69, 9.17) is 4.74 Å². The maximum atomic E-state index is 12.0. The Balaban J connectivity index is 3.10. The molecule has 100 valence electrons. The molecule has 0 fully saturated rings. The van der Waals surface area contributed by atoms with Crippen molar-refractivity contribution >= 4 is 15.9 Å². The third-order valence-electron chi connectivity index (χ3n) is 1.83. The number of methoxy groups -OCH3 is 1. The van der Waals surface area contributed by atoms with Crippen LogP contribution < -0.4 is 9.84 Å². The standard InChI is InChI=1S/C9H8F3NO4S/c1-17-7-4-2-6(3-5-7)8(14)13-18(15,16)9(10,11)12/h2-5H,1H3,(H,13,14)/p-1. The van der Waals surface area contributed by atoms with E-state index < -0.39 is 21.4 Å². The first-order chi connectivity index (χ1) is 8.17. The molecule has 0 aliphatic carbocycles. The van der Waals surface area contributed by atoms with E-state index in [1.54, 1.807) is 0 Å². The first-order valence-electron chi connectivity index (χ1n) is 4.40. The zero-order chi connectivity index (χ0) is 14.0. The van der Waals surface area contributed by atoms with Crippen LogP contribution in [0.5, 0.6) is 5.75 Å². The fourth-order valence-corrected chi connectivity index (χ4v) is 1.37. The molecule has 1 rings (SSSR count). The molecule has 5 nitrogen and oxygen atoms in total. The third kappa shape index (κ3) is 3.13. The topological polar surface area (TPSA) is 78.8 Å². The molecule has 0 N–H and O–H groups in total. The second-order valence-corrected chi connectivity index (χ2v) is 4.64. The number of hydrogen-bond acceptors (Lipinski definition) is 4. The second-order valence-electron chi connectivity index (χ2n) is 3.05. The van der Waals surface area contributed by atoms with Gasteiger partial charge >= 0.3 is 15.5 Å². The maximum Gasteiger partial charge on any atom is 0.518 e. The number of alkyl halides is 3. The van der Waals surface area contributed by atoms with Gasteiger partial charge in [-0.05, 0) is 17.7 Å². The van der Waals surface area contributed by atoms with Gasteiger partial charge in [-0.1, -0.05) is 12.1 Å². The Labute approximate surface area is 101 Å². The molecule has 0 radical (unpaired) electrons. The molecule has 0 atom stereocenters. The number of halogens is 3. The van der Waals surface area contributed by atoms with E-state index in [2.05, 4.69) is 4.40 Å². The van der Waals surface area contributed by atoms with Crippen molar-refractivity contribution in [3.05, 3.63) is 29.8 Å². The van der Waals surface area contributed by atoms with E-state index in [1.807, 2.05) is 0 Å². The first-order valence-corrected chi connectivity index (χ1v) is 5.84. The molecule has 0 saturated carbocycles. The number of hydrogen-bond donors (Lipinski definition) is 0. The van der Waals surface area contributed by atoms with Crippen LogP contribution in [-0.4, -0.2) is 26.9 Å². The van der Waals surface area contributed by atoms with Gasteiger partial charge in [-0.15, -0.1) is 0 Å². The van der Waals surface area contributed by atoms with Gasteiger partial charge in [-0.2, -0.15) is 26.0 Å². The Bertz CT molecular complexity index is 548. The Morgan fingerprint density at radius 3 is 2.17 bits per heavy atom. The van der Waals surface area contributed by atoms with E-state index in [1.165, 1.54) is 19.2 Å². The number of ether oxygens (including phenoxy) is 1. The highest BCUT2D eigenvalue weighted by atomic mass is 32.2. The molecular formula is C9H7F3NO4S-. The highest BCUT2D eigenvalue weighted by molar-refractivity contribution is 7.91. The lowest BCUT2D eigenvalue weighted by Gasteiger charge is -2.12. The lowest BCUT2D eigenvalue weighted by Crippen LogP contribution is -2.27. The summed E-state index contributed by atoms with van der Waals surface area (Å²) in [7, 11) is -4.46. The molecule has 1 aromatic carbocycles. The molecule has 0 amide bonds. The van der Waals surface area contributed by atoms with Crippen LogP contribution in [0.3, 0.4) is 0 Å². The van der Waals surface area contributed by atoms with Crippen LogP contribution in [-0.2, 0) is 10.0 Å². The summed E-state index contributed by atoms with van der Waals surface area (Å²) in [6.45, 7) is 0. The van der Waals surface area contributed by atoms with Gasteiger partial charge in [-0.25, -0.2) is 0 Å². The number of nitrogens with zero attached hydrogens (tertiary/aromatic N) is 1. The van der Waals surface area contributed by atoms with Gasteiger partial charge in [0, 0.05) is 5.90 Å². The SMILES string of the molecule is COc1ccc(/C([O-])=N/S(=O)(=O)C(F)(F)F)cc1. The van der Waals surface area contributed by atoms with Crippen LogP contribution in [0.25, 0.3) is 0 Å².